The smallest absolute Gasteiger partial charge is 0.240 e. The molecule has 0 radical (unpaired) electrons. The van der Waals surface area contributed by atoms with Crippen molar-refractivity contribution in [3.63, 3.8) is 0 Å². The Morgan fingerprint density at radius 1 is 1.03 bits per heavy atom. The number of anilines is 1. The van der Waals surface area contributed by atoms with Crippen LogP contribution in [0.4, 0.5) is 5.69 Å². The van der Waals surface area contributed by atoms with Crippen molar-refractivity contribution in [1.29, 1.82) is 0 Å². The van der Waals surface area contributed by atoms with Crippen molar-refractivity contribution < 1.29 is 23.2 Å². The molecule has 0 bridgehead atoms. The van der Waals surface area contributed by atoms with Crippen molar-refractivity contribution in [2.45, 2.75) is 24.3 Å². The van der Waals surface area contributed by atoms with Gasteiger partial charge >= 0.3 is 0 Å². The first-order valence-corrected chi connectivity index (χ1v) is 12.4. The van der Waals surface area contributed by atoms with Crippen molar-refractivity contribution in [1.82, 2.24) is 5.01 Å². The van der Waals surface area contributed by atoms with Crippen LogP contribution in [-0.2, 0) is 15.8 Å². The van der Waals surface area contributed by atoms with E-state index in [9.17, 15) is 9.00 Å². The van der Waals surface area contributed by atoms with Gasteiger partial charge in [0.2, 0.25) is 5.91 Å². The highest BCUT2D eigenvalue weighted by Gasteiger charge is 2.31. The minimum atomic E-state index is -1.47. The van der Waals surface area contributed by atoms with Gasteiger partial charge in [0.15, 0.2) is 11.5 Å². The SMILES string of the molecule is COc1ccc(C2CC(c3ccc(NS(=O)c4ccc5c(c4)OCCO5)cc3)=NN2C(C)=O)cc1. The van der Waals surface area contributed by atoms with Crippen molar-refractivity contribution in [3.05, 3.63) is 77.9 Å². The number of nitrogens with one attached hydrogen (secondary N) is 1. The van der Waals surface area contributed by atoms with Crippen molar-refractivity contribution >= 4 is 28.3 Å². The Balaban J connectivity index is 1.29. The standard InChI is InChI=1S/C26H25N3O5S/c1-17(30)29-24(19-5-9-21(32-2)10-6-19)16-23(27-29)18-3-7-20(8-4-18)28-35(31)22-11-12-25-26(15-22)34-14-13-33-25/h3-12,15,24,28H,13-14,16H2,1-2H3. The molecule has 2 heterocycles. The summed E-state index contributed by atoms with van der Waals surface area (Å²) in [5.41, 5.74) is 3.42. The molecule has 2 unspecified atom stereocenters. The Labute approximate surface area is 206 Å². The molecule has 8 nitrogen and oxygen atoms in total. The van der Waals surface area contributed by atoms with E-state index in [-0.39, 0.29) is 11.9 Å². The molecule has 3 aromatic rings. The molecule has 1 N–H and O–H groups in total. The second-order valence-electron chi connectivity index (χ2n) is 8.16. The highest BCUT2D eigenvalue weighted by molar-refractivity contribution is 7.86. The molecule has 3 aromatic carbocycles. The molecule has 35 heavy (non-hydrogen) atoms. The number of methoxy groups -OCH3 is 1. The van der Waals surface area contributed by atoms with Crippen LogP contribution in [0.2, 0.25) is 0 Å². The van der Waals surface area contributed by atoms with Crippen LogP contribution in [0.25, 0.3) is 0 Å². The topological polar surface area (TPSA) is 89.5 Å². The summed E-state index contributed by atoms with van der Waals surface area (Å²) in [4.78, 5) is 12.9. The van der Waals surface area contributed by atoms with Gasteiger partial charge in [-0.25, -0.2) is 9.22 Å². The van der Waals surface area contributed by atoms with Crippen molar-refractivity contribution in [2.24, 2.45) is 5.10 Å². The second kappa shape index (κ2) is 9.79. The number of nitrogens with zero attached hydrogens (tertiary/aromatic N) is 2. The molecule has 9 heteroatoms. The van der Waals surface area contributed by atoms with Gasteiger partial charge in [-0.05, 0) is 47.5 Å². The van der Waals surface area contributed by atoms with Gasteiger partial charge in [-0.1, -0.05) is 24.3 Å². The Morgan fingerprint density at radius 2 is 1.74 bits per heavy atom. The first kappa shape index (κ1) is 22.9. The number of amides is 1. The van der Waals surface area contributed by atoms with Crippen LogP contribution < -0.4 is 18.9 Å². The van der Waals surface area contributed by atoms with Crippen LogP contribution in [0.5, 0.6) is 17.2 Å². The summed E-state index contributed by atoms with van der Waals surface area (Å²) in [5, 5.41) is 6.13. The molecular weight excluding hydrogens is 466 g/mol. The third-order valence-electron chi connectivity index (χ3n) is 5.89. The maximum absolute atomic E-state index is 12.8. The predicted molar refractivity (Wildman–Crippen MR) is 133 cm³/mol. The van der Waals surface area contributed by atoms with Crippen LogP contribution in [0.3, 0.4) is 0 Å². The van der Waals surface area contributed by atoms with E-state index in [1.807, 2.05) is 48.5 Å². The molecule has 0 saturated heterocycles. The van der Waals surface area contributed by atoms with Gasteiger partial charge in [-0.15, -0.1) is 0 Å². The Morgan fingerprint density at radius 3 is 2.43 bits per heavy atom. The molecule has 1 amide bonds. The lowest BCUT2D eigenvalue weighted by Crippen LogP contribution is -2.24. The maximum atomic E-state index is 12.8. The molecule has 0 spiro atoms. The van der Waals surface area contributed by atoms with Gasteiger partial charge in [-0.3, -0.25) is 4.79 Å². The van der Waals surface area contributed by atoms with Gasteiger partial charge in [0.25, 0.3) is 0 Å². The predicted octanol–water partition coefficient (Wildman–Crippen LogP) is 4.30. The number of fused-ring (bicyclic) bond motifs is 1. The largest absolute Gasteiger partial charge is 0.497 e. The number of benzene rings is 3. The lowest BCUT2D eigenvalue weighted by atomic mass is 9.98. The summed E-state index contributed by atoms with van der Waals surface area (Å²) < 4.78 is 32.2. The summed E-state index contributed by atoms with van der Waals surface area (Å²) in [6.45, 7) is 2.50. The molecule has 2 atom stereocenters. The fourth-order valence-corrected chi connectivity index (χ4v) is 4.97. The zero-order valence-electron chi connectivity index (χ0n) is 19.4. The van der Waals surface area contributed by atoms with Crippen LogP contribution in [0, 0.1) is 0 Å². The quantitative estimate of drug-likeness (QED) is 0.555. The van der Waals surface area contributed by atoms with Gasteiger partial charge in [0, 0.05) is 25.1 Å². The number of carbonyl (C=O) groups excluding carboxylic acids is 1. The Hall–Kier alpha value is -3.85. The van der Waals surface area contributed by atoms with Crippen molar-refractivity contribution in [3.8, 4) is 17.2 Å². The van der Waals surface area contributed by atoms with Crippen LogP contribution in [0.1, 0.15) is 30.5 Å². The molecule has 180 valence electrons. The molecule has 0 fully saturated rings. The van der Waals surface area contributed by atoms with Crippen LogP contribution in [0.15, 0.2) is 76.7 Å². The van der Waals surface area contributed by atoms with Gasteiger partial charge < -0.3 is 18.9 Å². The summed E-state index contributed by atoms with van der Waals surface area (Å²) in [5.74, 6) is 1.90. The van der Waals surface area contributed by atoms with Gasteiger partial charge in [-0.2, -0.15) is 5.10 Å². The molecule has 0 aliphatic carbocycles. The minimum Gasteiger partial charge on any atom is -0.497 e. The average molecular weight is 492 g/mol. The Kier molecular flexibility index (Phi) is 6.41. The molecule has 2 aliphatic heterocycles. The zero-order chi connectivity index (χ0) is 24.4. The maximum Gasteiger partial charge on any atom is 0.240 e. The number of rotatable bonds is 6. The third kappa shape index (κ3) is 4.85. The number of ether oxygens (including phenoxy) is 3. The molecule has 0 aromatic heterocycles. The van der Waals surface area contributed by atoms with E-state index in [1.54, 1.807) is 25.3 Å². The van der Waals surface area contributed by atoms with Crippen LogP contribution >= 0.6 is 0 Å². The van der Waals surface area contributed by atoms with E-state index in [0.717, 1.165) is 22.6 Å². The number of hydrazone groups is 1. The number of hydrogen-bond donors (Lipinski definition) is 1. The molecular formula is C26H25N3O5S. The monoisotopic (exact) mass is 491 g/mol. The Bertz CT molecular complexity index is 1290. The first-order chi connectivity index (χ1) is 17.0. The molecule has 0 saturated carbocycles. The molecule has 5 rings (SSSR count). The van der Waals surface area contributed by atoms with Crippen LogP contribution in [-0.4, -0.2) is 41.2 Å². The minimum absolute atomic E-state index is 0.117. The lowest BCUT2D eigenvalue weighted by Gasteiger charge is -2.20. The summed E-state index contributed by atoms with van der Waals surface area (Å²) in [6.07, 6.45) is 0.599. The van der Waals surface area contributed by atoms with E-state index in [4.69, 9.17) is 14.2 Å². The van der Waals surface area contributed by atoms with E-state index in [2.05, 4.69) is 9.82 Å². The normalized spacial score (nSPS) is 17.5. The fraction of sp³-hybridized carbons (Fsp3) is 0.231. The zero-order valence-corrected chi connectivity index (χ0v) is 20.2. The van der Waals surface area contributed by atoms with E-state index in [1.165, 1.54) is 11.9 Å². The second-order valence-corrected chi connectivity index (χ2v) is 9.37. The average Bonchev–Trinajstić information content (AvgIpc) is 3.35. The molecule has 2 aliphatic rings. The van der Waals surface area contributed by atoms with E-state index >= 15 is 0 Å². The van der Waals surface area contributed by atoms with E-state index < -0.39 is 11.0 Å². The van der Waals surface area contributed by atoms with Gasteiger partial charge in [0.1, 0.15) is 29.9 Å². The van der Waals surface area contributed by atoms with Crippen molar-refractivity contribution in [2.75, 3.05) is 25.0 Å². The third-order valence-corrected chi connectivity index (χ3v) is 6.99. The first-order valence-electron chi connectivity index (χ1n) is 11.2. The van der Waals surface area contributed by atoms with E-state index in [0.29, 0.717) is 41.7 Å². The number of hydrogen-bond acceptors (Lipinski definition) is 6. The van der Waals surface area contributed by atoms with Gasteiger partial charge in [0.05, 0.1) is 23.8 Å². The number of carbonyl (C=O) groups is 1. The highest BCUT2D eigenvalue weighted by Crippen LogP contribution is 2.34. The summed E-state index contributed by atoms with van der Waals surface area (Å²) in [7, 11) is 0.158. The lowest BCUT2D eigenvalue weighted by molar-refractivity contribution is -0.130. The summed E-state index contributed by atoms with van der Waals surface area (Å²) in [6, 6.07) is 20.3. The highest BCUT2D eigenvalue weighted by atomic mass is 32.2. The fourth-order valence-electron chi connectivity index (χ4n) is 4.10. The summed E-state index contributed by atoms with van der Waals surface area (Å²) >= 11 is 0.